The molecule has 0 unspecified atom stereocenters. The van der Waals surface area contributed by atoms with E-state index in [0.29, 0.717) is 5.56 Å². The minimum absolute atomic E-state index is 0.267. The number of pyridine rings is 1. The Labute approximate surface area is 158 Å². The van der Waals surface area contributed by atoms with Crippen molar-refractivity contribution in [3.63, 3.8) is 0 Å². The van der Waals surface area contributed by atoms with E-state index >= 15 is 0 Å². The quantitative estimate of drug-likeness (QED) is 0.381. The minimum Gasteiger partial charge on any atom is -0.456 e. The predicted octanol–water partition coefficient (Wildman–Crippen LogP) is 6.48. The maximum atomic E-state index is 12.7. The Hall–Kier alpha value is -1.90. The fourth-order valence-corrected chi connectivity index (χ4v) is 3.12. The number of benzene rings is 1. The molecule has 0 radical (unpaired) electrons. The van der Waals surface area contributed by atoms with Crippen LogP contribution >= 0.6 is 0 Å². The van der Waals surface area contributed by atoms with Gasteiger partial charge in [0.25, 0.3) is 0 Å². The number of para-hydroxylation sites is 1. The first-order chi connectivity index (χ1) is 12.4. The molecule has 0 bridgehead atoms. The number of hydrogen-bond donors (Lipinski definition) is 0. The van der Waals surface area contributed by atoms with Crippen LogP contribution in [0.3, 0.4) is 0 Å². The third kappa shape index (κ3) is 6.44. The van der Waals surface area contributed by atoms with Crippen molar-refractivity contribution in [1.82, 2.24) is 4.98 Å². The second kappa shape index (κ2) is 9.70. The van der Waals surface area contributed by atoms with Gasteiger partial charge in [-0.3, -0.25) is 4.98 Å². The second-order valence-electron chi connectivity index (χ2n) is 8.05. The topological polar surface area (TPSA) is 39.2 Å². The summed E-state index contributed by atoms with van der Waals surface area (Å²) < 4.78 is 5.60. The first-order valence-corrected chi connectivity index (χ1v) is 10.0. The molecule has 0 saturated carbocycles. The molecule has 3 heteroatoms. The number of nitrogens with zero attached hydrogens (tertiary/aromatic N) is 1. The number of carbonyl (C=O) groups is 1. The number of rotatable bonds is 9. The highest BCUT2D eigenvalue weighted by atomic mass is 16.6. The van der Waals surface area contributed by atoms with Gasteiger partial charge < -0.3 is 4.74 Å². The minimum atomic E-state index is -0.500. The molecule has 0 aliphatic heterocycles. The Morgan fingerprint density at radius 1 is 1.00 bits per heavy atom. The number of aromatic nitrogens is 1. The summed E-state index contributed by atoms with van der Waals surface area (Å²) in [5.41, 5.74) is 1.98. The fraction of sp³-hybridized carbons (Fsp3) is 0.565. The largest absolute Gasteiger partial charge is 0.456 e. The van der Waals surface area contributed by atoms with E-state index in [1.807, 2.05) is 51.1 Å². The first-order valence-electron chi connectivity index (χ1n) is 10.0. The standard InChI is InChI=1S/C23H33NO2/c1-5-6-7-8-9-10-11-14-18-17-20(22(25)26-23(2,3)4)19-15-12-13-16-21(19)24-18/h12-13,15-17H,5-11,14H2,1-4H3. The highest BCUT2D eigenvalue weighted by Gasteiger charge is 2.20. The van der Waals surface area contributed by atoms with Crippen molar-refractivity contribution >= 4 is 16.9 Å². The third-order valence-corrected chi connectivity index (χ3v) is 4.42. The summed E-state index contributed by atoms with van der Waals surface area (Å²) in [7, 11) is 0. The molecule has 1 aromatic heterocycles. The van der Waals surface area contributed by atoms with Crippen LogP contribution in [0.1, 0.15) is 88.7 Å². The van der Waals surface area contributed by atoms with Crippen LogP contribution in [0, 0.1) is 0 Å². The van der Waals surface area contributed by atoms with Gasteiger partial charge in [-0.1, -0.05) is 63.6 Å². The maximum absolute atomic E-state index is 12.7. The predicted molar refractivity (Wildman–Crippen MR) is 109 cm³/mol. The highest BCUT2D eigenvalue weighted by Crippen LogP contribution is 2.22. The van der Waals surface area contributed by atoms with E-state index in [4.69, 9.17) is 9.72 Å². The molecule has 0 spiro atoms. The second-order valence-corrected chi connectivity index (χ2v) is 8.05. The van der Waals surface area contributed by atoms with E-state index in [9.17, 15) is 4.79 Å². The van der Waals surface area contributed by atoms with E-state index in [0.717, 1.165) is 29.4 Å². The molecular formula is C23H33NO2. The number of hydrogen-bond acceptors (Lipinski definition) is 3. The van der Waals surface area contributed by atoms with Gasteiger partial charge in [0.15, 0.2) is 0 Å². The molecule has 0 fully saturated rings. The number of ether oxygens (including phenoxy) is 1. The van der Waals surface area contributed by atoms with Crippen molar-refractivity contribution < 1.29 is 9.53 Å². The maximum Gasteiger partial charge on any atom is 0.339 e. The molecular weight excluding hydrogens is 322 g/mol. The fourth-order valence-electron chi connectivity index (χ4n) is 3.12. The highest BCUT2D eigenvalue weighted by molar-refractivity contribution is 6.03. The van der Waals surface area contributed by atoms with Crippen LogP contribution in [0.5, 0.6) is 0 Å². The summed E-state index contributed by atoms with van der Waals surface area (Å²) in [5, 5.41) is 0.866. The molecule has 3 nitrogen and oxygen atoms in total. The van der Waals surface area contributed by atoms with Gasteiger partial charge >= 0.3 is 5.97 Å². The Morgan fingerprint density at radius 3 is 2.35 bits per heavy atom. The number of unbranched alkanes of at least 4 members (excludes halogenated alkanes) is 6. The molecule has 0 amide bonds. The van der Waals surface area contributed by atoms with Gasteiger partial charge in [-0.15, -0.1) is 0 Å². The van der Waals surface area contributed by atoms with Crippen LogP contribution in [-0.4, -0.2) is 16.6 Å². The van der Waals surface area contributed by atoms with Crippen LogP contribution in [0.2, 0.25) is 0 Å². The van der Waals surface area contributed by atoms with Gasteiger partial charge in [-0.25, -0.2) is 4.79 Å². The lowest BCUT2D eigenvalue weighted by Gasteiger charge is -2.20. The van der Waals surface area contributed by atoms with E-state index < -0.39 is 5.60 Å². The number of carbonyl (C=O) groups excluding carboxylic acids is 1. The average molecular weight is 356 g/mol. The first kappa shape index (κ1) is 20.4. The van der Waals surface area contributed by atoms with Crippen molar-refractivity contribution in [2.45, 2.75) is 84.7 Å². The lowest BCUT2D eigenvalue weighted by Crippen LogP contribution is -2.24. The number of aryl methyl sites for hydroxylation is 1. The molecule has 0 N–H and O–H groups in total. The van der Waals surface area contributed by atoms with Crippen molar-refractivity contribution in [1.29, 1.82) is 0 Å². The molecule has 142 valence electrons. The molecule has 2 rings (SSSR count). The van der Waals surface area contributed by atoms with Gasteiger partial charge in [0.1, 0.15) is 5.60 Å². The van der Waals surface area contributed by atoms with Crippen molar-refractivity contribution in [3.8, 4) is 0 Å². The van der Waals surface area contributed by atoms with E-state index in [2.05, 4.69) is 6.92 Å². The Kier molecular flexibility index (Phi) is 7.62. The Balaban J connectivity index is 2.07. The van der Waals surface area contributed by atoms with E-state index in [1.165, 1.54) is 38.5 Å². The van der Waals surface area contributed by atoms with Crippen LogP contribution in [0.4, 0.5) is 0 Å². The van der Waals surface area contributed by atoms with Crippen molar-refractivity contribution in [2.75, 3.05) is 0 Å². The summed E-state index contributed by atoms with van der Waals surface area (Å²) in [6, 6.07) is 9.74. The number of fused-ring (bicyclic) bond motifs is 1. The molecule has 0 aliphatic rings. The van der Waals surface area contributed by atoms with Crippen molar-refractivity contribution in [2.24, 2.45) is 0 Å². The van der Waals surface area contributed by atoms with Crippen LogP contribution in [0.15, 0.2) is 30.3 Å². The van der Waals surface area contributed by atoms with Gasteiger partial charge in [0, 0.05) is 11.1 Å². The van der Waals surface area contributed by atoms with E-state index in [-0.39, 0.29) is 5.97 Å². The zero-order valence-corrected chi connectivity index (χ0v) is 16.8. The number of esters is 1. The summed E-state index contributed by atoms with van der Waals surface area (Å²) >= 11 is 0. The Morgan fingerprint density at radius 2 is 1.65 bits per heavy atom. The average Bonchev–Trinajstić information content (AvgIpc) is 2.58. The van der Waals surface area contributed by atoms with Crippen LogP contribution < -0.4 is 0 Å². The summed E-state index contributed by atoms with van der Waals surface area (Å²) in [4.78, 5) is 17.4. The Bertz CT molecular complexity index is 716. The van der Waals surface area contributed by atoms with E-state index in [1.54, 1.807) is 0 Å². The lowest BCUT2D eigenvalue weighted by molar-refractivity contribution is 0.00716. The van der Waals surface area contributed by atoms with Gasteiger partial charge in [0.05, 0.1) is 11.1 Å². The third-order valence-electron chi connectivity index (χ3n) is 4.42. The molecule has 0 aliphatic carbocycles. The van der Waals surface area contributed by atoms with Crippen molar-refractivity contribution in [3.05, 3.63) is 41.6 Å². The van der Waals surface area contributed by atoms with Crippen LogP contribution in [0.25, 0.3) is 10.9 Å². The summed E-state index contributed by atoms with van der Waals surface area (Å²) in [6.07, 6.45) is 9.82. The zero-order chi connectivity index (χ0) is 19.0. The summed E-state index contributed by atoms with van der Waals surface area (Å²) in [6.45, 7) is 7.93. The van der Waals surface area contributed by atoms with Gasteiger partial charge in [-0.2, -0.15) is 0 Å². The normalized spacial score (nSPS) is 11.7. The molecule has 1 heterocycles. The molecule has 0 saturated heterocycles. The van der Waals surface area contributed by atoms with Gasteiger partial charge in [0.2, 0.25) is 0 Å². The summed E-state index contributed by atoms with van der Waals surface area (Å²) in [5.74, 6) is -0.267. The monoisotopic (exact) mass is 355 g/mol. The molecule has 0 atom stereocenters. The molecule has 1 aromatic carbocycles. The lowest BCUT2D eigenvalue weighted by atomic mass is 10.0. The van der Waals surface area contributed by atoms with Crippen LogP contribution in [-0.2, 0) is 11.2 Å². The SMILES string of the molecule is CCCCCCCCCc1cc(C(=O)OC(C)(C)C)c2ccccc2n1. The van der Waals surface area contributed by atoms with Gasteiger partial charge in [-0.05, 0) is 45.7 Å². The molecule has 2 aromatic rings. The smallest absolute Gasteiger partial charge is 0.339 e. The molecule has 26 heavy (non-hydrogen) atoms. The zero-order valence-electron chi connectivity index (χ0n) is 16.8.